The molecule has 1 fully saturated rings. The number of hydrogen-bond donors (Lipinski definition) is 1. The summed E-state index contributed by atoms with van der Waals surface area (Å²) in [6.45, 7) is 1.41. The maximum absolute atomic E-state index is 12.9. The maximum Gasteiger partial charge on any atom is 0.325 e. The number of carbonyl (C=O) groups excluding carboxylic acids is 3. The van der Waals surface area contributed by atoms with Crippen molar-refractivity contribution in [1.29, 1.82) is 0 Å². The number of carbonyl (C=O) groups is 3. The summed E-state index contributed by atoms with van der Waals surface area (Å²) >= 11 is 0. The van der Waals surface area contributed by atoms with Crippen LogP contribution in [-0.2, 0) is 15.1 Å². The molecule has 6 nitrogen and oxygen atoms in total. The summed E-state index contributed by atoms with van der Waals surface area (Å²) in [4.78, 5) is 39.4. The Morgan fingerprint density at radius 3 is 2.50 bits per heavy atom. The van der Waals surface area contributed by atoms with Gasteiger partial charge in [0.2, 0.25) is 5.91 Å². The summed E-state index contributed by atoms with van der Waals surface area (Å²) in [5.74, 6) is -0.722. The highest BCUT2D eigenvalue weighted by Crippen LogP contribution is 2.33. The number of fused-ring (bicyclic) bond motifs is 1. The second kappa shape index (κ2) is 5.63. The minimum atomic E-state index is -1.19. The van der Waals surface area contributed by atoms with Crippen molar-refractivity contribution >= 4 is 28.6 Å². The summed E-state index contributed by atoms with van der Waals surface area (Å²) in [5, 5.41) is 4.64. The van der Waals surface area contributed by atoms with Crippen LogP contribution in [0.4, 0.5) is 4.79 Å². The second-order valence-corrected chi connectivity index (χ2v) is 6.26. The van der Waals surface area contributed by atoms with Crippen molar-refractivity contribution in [3.05, 3.63) is 48.0 Å². The third kappa shape index (κ3) is 2.40. The molecule has 1 saturated heterocycles. The molecular weight excluding hydrogens is 306 g/mol. The first-order valence-corrected chi connectivity index (χ1v) is 7.67. The van der Waals surface area contributed by atoms with Crippen molar-refractivity contribution in [2.24, 2.45) is 0 Å². The molecule has 0 aromatic heterocycles. The number of urea groups is 1. The normalized spacial score (nSPS) is 20.4. The average molecular weight is 325 g/mol. The first-order chi connectivity index (χ1) is 11.3. The number of likely N-dealkylation sites (N-methyl/N-ethyl adjacent to an activating group) is 1. The van der Waals surface area contributed by atoms with Crippen LogP contribution in [0.5, 0.6) is 0 Å². The van der Waals surface area contributed by atoms with Crippen LogP contribution in [0.2, 0.25) is 0 Å². The molecule has 0 saturated carbocycles. The number of imide groups is 1. The summed E-state index contributed by atoms with van der Waals surface area (Å²) in [6, 6.07) is 12.8. The molecule has 1 aliphatic heterocycles. The van der Waals surface area contributed by atoms with Crippen molar-refractivity contribution in [2.45, 2.75) is 12.5 Å². The van der Waals surface area contributed by atoms with Gasteiger partial charge in [-0.25, -0.2) is 4.79 Å². The number of nitrogens with one attached hydrogen (secondary N) is 1. The molecular formula is C18H19N3O3. The fraction of sp³-hybridized carbons (Fsp3) is 0.278. The van der Waals surface area contributed by atoms with E-state index in [0.29, 0.717) is 0 Å². The van der Waals surface area contributed by atoms with E-state index >= 15 is 0 Å². The Labute approximate surface area is 140 Å². The molecule has 1 heterocycles. The summed E-state index contributed by atoms with van der Waals surface area (Å²) < 4.78 is 0. The molecule has 0 bridgehead atoms. The van der Waals surface area contributed by atoms with Gasteiger partial charge in [-0.2, -0.15) is 0 Å². The Balaban J connectivity index is 2.03. The molecule has 124 valence electrons. The van der Waals surface area contributed by atoms with Crippen LogP contribution in [-0.4, -0.2) is 48.3 Å². The van der Waals surface area contributed by atoms with Gasteiger partial charge in [0.15, 0.2) is 0 Å². The van der Waals surface area contributed by atoms with Gasteiger partial charge in [-0.05, 0) is 23.3 Å². The van der Waals surface area contributed by atoms with Gasteiger partial charge in [-0.15, -0.1) is 0 Å². The van der Waals surface area contributed by atoms with Gasteiger partial charge in [0.1, 0.15) is 12.1 Å². The van der Waals surface area contributed by atoms with Crippen LogP contribution < -0.4 is 5.32 Å². The number of hydrogen-bond acceptors (Lipinski definition) is 3. The van der Waals surface area contributed by atoms with Crippen molar-refractivity contribution in [3.63, 3.8) is 0 Å². The van der Waals surface area contributed by atoms with Crippen LogP contribution in [0.1, 0.15) is 12.5 Å². The molecule has 0 spiro atoms. The van der Waals surface area contributed by atoms with Crippen molar-refractivity contribution in [1.82, 2.24) is 15.1 Å². The quantitative estimate of drug-likeness (QED) is 0.873. The van der Waals surface area contributed by atoms with Crippen molar-refractivity contribution in [3.8, 4) is 0 Å². The van der Waals surface area contributed by atoms with E-state index in [1.807, 2.05) is 42.5 Å². The monoisotopic (exact) mass is 325 g/mol. The fourth-order valence-electron chi connectivity index (χ4n) is 2.96. The first kappa shape index (κ1) is 16.0. The predicted octanol–water partition coefficient (Wildman–Crippen LogP) is 1.69. The van der Waals surface area contributed by atoms with Gasteiger partial charge in [0.05, 0.1) is 0 Å². The van der Waals surface area contributed by atoms with E-state index in [-0.39, 0.29) is 12.5 Å². The van der Waals surface area contributed by atoms with Gasteiger partial charge in [0.25, 0.3) is 5.91 Å². The largest absolute Gasteiger partial charge is 0.347 e. The molecule has 3 rings (SSSR count). The Kier molecular flexibility index (Phi) is 3.75. The SMILES string of the molecule is CN(C)C(=O)CN1C(=O)N[C@@](C)(c2cccc3ccccc23)C1=O. The Morgan fingerprint density at radius 1 is 1.12 bits per heavy atom. The van der Waals surface area contributed by atoms with Crippen molar-refractivity contribution < 1.29 is 14.4 Å². The fourth-order valence-corrected chi connectivity index (χ4v) is 2.96. The number of benzene rings is 2. The highest BCUT2D eigenvalue weighted by atomic mass is 16.2. The second-order valence-electron chi connectivity index (χ2n) is 6.26. The molecule has 4 amide bonds. The van der Waals surface area contributed by atoms with E-state index in [1.54, 1.807) is 21.0 Å². The highest BCUT2D eigenvalue weighted by molar-refractivity contribution is 6.10. The summed E-state index contributed by atoms with van der Waals surface area (Å²) in [5.41, 5.74) is -0.469. The summed E-state index contributed by atoms with van der Waals surface area (Å²) in [6.07, 6.45) is 0. The van der Waals surface area contributed by atoms with Crippen LogP contribution in [0, 0.1) is 0 Å². The van der Waals surface area contributed by atoms with E-state index in [9.17, 15) is 14.4 Å². The third-order valence-electron chi connectivity index (χ3n) is 4.40. The van der Waals surface area contributed by atoms with Crippen LogP contribution in [0.15, 0.2) is 42.5 Å². The Morgan fingerprint density at radius 2 is 1.79 bits per heavy atom. The number of nitrogens with zero attached hydrogens (tertiary/aromatic N) is 2. The molecule has 24 heavy (non-hydrogen) atoms. The van der Waals surface area contributed by atoms with E-state index in [4.69, 9.17) is 0 Å². The molecule has 1 atom stereocenters. The molecule has 0 unspecified atom stereocenters. The lowest BCUT2D eigenvalue weighted by molar-refractivity contribution is -0.137. The summed E-state index contributed by atoms with van der Waals surface area (Å²) in [7, 11) is 3.18. The molecule has 2 aromatic rings. The van der Waals surface area contributed by atoms with Gasteiger partial charge < -0.3 is 10.2 Å². The zero-order valence-electron chi connectivity index (χ0n) is 13.9. The topological polar surface area (TPSA) is 69.7 Å². The van der Waals surface area contributed by atoms with Crippen LogP contribution in [0.25, 0.3) is 10.8 Å². The van der Waals surface area contributed by atoms with E-state index in [1.165, 1.54) is 4.90 Å². The zero-order chi connectivity index (χ0) is 17.5. The van der Waals surface area contributed by atoms with Gasteiger partial charge in [-0.1, -0.05) is 42.5 Å². The first-order valence-electron chi connectivity index (χ1n) is 7.67. The van der Waals surface area contributed by atoms with Crippen LogP contribution in [0.3, 0.4) is 0 Å². The lowest BCUT2D eigenvalue weighted by atomic mass is 9.88. The minimum absolute atomic E-state index is 0.266. The molecule has 1 aliphatic rings. The molecule has 1 N–H and O–H groups in total. The standard InChI is InChI=1S/C18H19N3O3/c1-18(14-10-6-8-12-7-4-5-9-13(12)14)16(23)21(17(24)19-18)11-15(22)20(2)3/h4-10H,11H2,1-3H3,(H,19,24)/t18-/m0/s1. The average Bonchev–Trinajstić information content (AvgIpc) is 2.78. The molecule has 6 heteroatoms. The van der Waals surface area contributed by atoms with Gasteiger partial charge in [-0.3, -0.25) is 14.5 Å². The van der Waals surface area contributed by atoms with Crippen molar-refractivity contribution in [2.75, 3.05) is 20.6 Å². The zero-order valence-corrected chi connectivity index (χ0v) is 13.9. The number of rotatable bonds is 3. The molecule has 0 radical (unpaired) electrons. The highest BCUT2D eigenvalue weighted by Gasteiger charge is 2.50. The van der Waals surface area contributed by atoms with E-state index in [0.717, 1.165) is 21.2 Å². The number of amides is 4. The van der Waals surface area contributed by atoms with Gasteiger partial charge in [0, 0.05) is 14.1 Å². The van der Waals surface area contributed by atoms with E-state index < -0.39 is 17.5 Å². The lowest BCUT2D eigenvalue weighted by Gasteiger charge is -2.24. The Hall–Kier alpha value is -2.89. The minimum Gasteiger partial charge on any atom is -0.347 e. The molecule has 0 aliphatic carbocycles. The van der Waals surface area contributed by atoms with E-state index in [2.05, 4.69) is 5.32 Å². The van der Waals surface area contributed by atoms with Gasteiger partial charge >= 0.3 is 6.03 Å². The molecule has 2 aromatic carbocycles. The Bertz CT molecular complexity index is 841. The smallest absolute Gasteiger partial charge is 0.325 e. The third-order valence-corrected chi connectivity index (χ3v) is 4.40. The van der Waals surface area contributed by atoms with Crippen LogP contribution >= 0.6 is 0 Å². The maximum atomic E-state index is 12.9. The lowest BCUT2D eigenvalue weighted by Crippen LogP contribution is -2.43. The predicted molar refractivity (Wildman–Crippen MR) is 90.2 cm³/mol.